The van der Waals surface area contributed by atoms with Crippen LogP contribution in [-0.4, -0.2) is 94.3 Å². The first-order valence-electron chi connectivity index (χ1n) is 10.4. The minimum absolute atomic E-state index is 0. The zero-order chi connectivity index (χ0) is 21.8. The van der Waals surface area contributed by atoms with Crippen molar-refractivity contribution in [2.75, 3.05) is 66.6 Å². The Labute approximate surface area is 207 Å². The fraction of sp³-hybridized carbons (Fsp3) is 0.619. The number of carbonyl (C=O) groups is 1. The second kappa shape index (κ2) is 15.5. The number of hydrogen-bond donors (Lipinski definition) is 2. The number of rotatable bonds is 10. The third kappa shape index (κ3) is 10.7. The standard InChI is InChI=1S/C21H34ClN5O3.HI/c1-4-17(30-19-8-6-5-7-18(19)22)15-24-21(25-16-20(28)26(2)3)23-9-10-27-11-13-29-14-12-27;/h5-8,17H,4,9-16H2,1-3H3,(H2,23,24,25);1H. The molecule has 0 spiro atoms. The van der Waals surface area contributed by atoms with Crippen LogP contribution in [-0.2, 0) is 9.53 Å². The van der Waals surface area contributed by atoms with E-state index < -0.39 is 0 Å². The van der Waals surface area contributed by atoms with Crippen molar-refractivity contribution in [2.24, 2.45) is 4.99 Å². The number of para-hydroxylation sites is 1. The van der Waals surface area contributed by atoms with Crippen LogP contribution >= 0.6 is 35.6 Å². The SMILES string of the molecule is CCC(CNC(=NCC(=O)N(C)C)NCCN1CCOCC1)Oc1ccccc1Cl.I. The summed E-state index contributed by atoms with van der Waals surface area (Å²) < 4.78 is 11.4. The van der Waals surface area contributed by atoms with Gasteiger partial charge in [-0.05, 0) is 18.6 Å². The monoisotopic (exact) mass is 567 g/mol. The second-order valence-electron chi connectivity index (χ2n) is 7.29. The Morgan fingerprint density at radius 1 is 1.29 bits per heavy atom. The van der Waals surface area contributed by atoms with Gasteiger partial charge in [0.1, 0.15) is 18.4 Å². The zero-order valence-electron chi connectivity index (χ0n) is 18.6. The first-order chi connectivity index (χ1) is 14.5. The van der Waals surface area contributed by atoms with E-state index in [0.717, 1.165) is 45.8 Å². The molecule has 1 aromatic rings. The minimum Gasteiger partial charge on any atom is -0.487 e. The third-order valence-electron chi connectivity index (χ3n) is 4.78. The van der Waals surface area contributed by atoms with Gasteiger partial charge in [0.15, 0.2) is 5.96 Å². The molecule has 1 unspecified atom stereocenters. The van der Waals surface area contributed by atoms with E-state index >= 15 is 0 Å². The van der Waals surface area contributed by atoms with Gasteiger partial charge in [-0.25, -0.2) is 4.99 Å². The smallest absolute Gasteiger partial charge is 0.243 e. The highest BCUT2D eigenvalue weighted by atomic mass is 127. The number of benzene rings is 1. The lowest BCUT2D eigenvalue weighted by atomic mass is 10.2. The van der Waals surface area contributed by atoms with E-state index in [-0.39, 0.29) is 42.5 Å². The maximum atomic E-state index is 11.9. The number of nitrogens with one attached hydrogen (secondary N) is 2. The summed E-state index contributed by atoms with van der Waals surface area (Å²) in [5, 5.41) is 7.21. The molecule has 1 aromatic carbocycles. The lowest BCUT2D eigenvalue weighted by Gasteiger charge is -2.27. The number of carbonyl (C=O) groups excluding carboxylic acids is 1. The Kier molecular flexibility index (Phi) is 13.9. The van der Waals surface area contributed by atoms with E-state index in [2.05, 4.69) is 27.4 Å². The summed E-state index contributed by atoms with van der Waals surface area (Å²) >= 11 is 6.21. The Morgan fingerprint density at radius 3 is 2.65 bits per heavy atom. The van der Waals surface area contributed by atoms with Gasteiger partial charge in [0.25, 0.3) is 0 Å². The molecular weight excluding hydrogens is 533 g/mol. The molecule has 1 aliphatic rings. The van der Waals surface area contributed by atoms with Gasteiger partial charge >= 0.3 is 0 Å². The molecule has 10 heteroatoms. The normalized spacial score (nSPS) is 15.5. The largest absolute Gasteiger partial charge is 0.487 e. The lowest BCUT2D eigenvalue weighted by Crippen LogP contribution is -2.46. The number of hydrogen-bond acceptors (Lipinski definition) is 5. The molecule has 2 rings (SSSR count). The van der Waals surface area contributed by atoms with Gasteiger partial charge in [-0.15, -0.1) is 24.0 Å². The first kappa shape index (κ1) is 27.7. The molecule has 1 fully saturated rings. The van der Waals surface area contributed by atoms with Crippen molar-refractivity contribution >= 4 is 47.4 Å². The first-order valence-corrected chi connectivity index (χ1v) is 10.8. The van der Waals surface area contributed by atoms with E-state index in [9.17, 15) is 4.79 Å². The molecular formula is C21H35ClIN5O3. The quantitative estimate of drug-likeness (QED) is 0.256. The Bertz CT molecular complexity index is 687. The summed E-state index contributed by atoms with van der Waals surface area (Å²) in [6.45, 7) is 7.71. The lowest BCUT2D eigenvalue weighted by molar-refractivity contribution is -0.127. The van der Waals surface area contributed by atoms with Crippen LogP contribution in [0.3, 0.4) is 0 Å². The summed E-state index contributed by atoms with van der Waals surface area (Å²) in [4.78, 5) is 20.3. The number of guanidine groups is 1. The Balaban J connectivity index is 0.00000480. The molecule has 2 N–H and O–H groups in total. The van der Waals surface area contributed by atoms with Crippen LogP contribution in [0.4, 0.5) is 0 Å². The number of nitrogens with zero attached hydrogens (tertiary/aromatic N) is 3. The van der Waals surface area contributed by atoms with Gasteiger partial charge in [0.2, 0.25) is 5.91 Å². The van der Waals surface area contributed by atoms with Crippen LogP contribution in [0.2, 0.25) is 5.02 Å². The Morgan fingerprint density at radius 2 is 2.00 bits per heavy atom. The van der Waals surface area contributed by atoms with E-state index in [1.807, 2.05) is 24.3 Å². The molecule has 0 aliphatic carbocycles. The summed E-state index contributed by atoms with van der Waals surface area (Å²) in [5.74, 6) is 1.21. The number of amides is 1. The molecule has 8 nitrogen and oxygen atoms in total. The maximum absolute atomic E-state index is 11.9. The number of morpholine rings is 1. The maximum Gasteiger partial charge on any atom is 0.243 e. The number of aliphatic imine (C=N–C) groups is 1. The number of halogens is 2. The summed E-state index contributed by atoms with van der Waals surface area (Å²) in [7, 11) is 3.45. The van der Waals surface area contributed by atoms with Gasteiger partial charge in [-0.3, -0.25) is 9.69 Å². The molecule has 31 heavy (non-hydrogen) atoms. The van der Waals surface area contributed by atoms with E-state index in [1.165, 1.54) is 4.90 Å². The predicted molar refractivity (Wildman–Crippen MR) is 136 cm³/mol. The fourth-order valence-electron chi connectivity index (χ4n) is 2.82. The van der Waals surface area contributed by atoms with Crippen LogP contribution in [0, 0.1) is 0 Å². The molecule has 0 bridgehead atoms. The summed E-state index contributed by atoms with van der Waals surface area (Å²) in [6, 6.07) is 7.44. The Hall–Kier alpha value is -1.30. The van der Waals surface area contributed by atoms with Crippen molar-refractivity contribution in [1.82, 2.24) is 20.4 Å². The van der Waals surface area contributed by atoms with E-state index in [1.54, 1.807) is 14.1 Å². The van der Waals surface area contributed by atoms with Crippen LogP contribution in [0.25, 0.3) is 0 Å². The van der Waals surface area contributed by atoms with Crippen LogP contribution in [0.5, 0.6) is 5.75 Å². The third-order valence-corrected chi connectivity index (χ3v) is 5.09. The molecule has 1 saturated heterocycles. The van der Waals surface area contributed by atoms with Crippen molar-refractivity contribution in [2.45, 2.75) is 19.4 Å². The van der Waals surface area contributed by atoms with Crippen molar-refractivity contribution in [3.8, 4) is 5.75 Å². The molecule has 0 radical (unpaired) electrons. The van der Waals surface area contributed by atoms with Gasteiger partial charge < -0.3 is 25.0 Å². The highest BCUT2D eigenvalue weighted by Crippen LogP contribution is 2.24. The van der Waals surface area contributed by atoms with Crippen molar-refractivity contribution in [3.63, 3.8) is 0 Å². The highest BCUT2D eigenvalue weighted by molar-refractivity contribution is 14.0. The van der Waals surface area contributed by atoms with Gasteiger partial charge in [-0.1, -0.05) is 30.7 Å². The zero-order valence-corrected chi connectivity index (χ0v) is 21.7. The molecule has 1 aliphatic heterocycles. The average Bonchev–Trinajstić information content (AvgIpc) is 2.75. The average molecular weight is 568 g/mol. The van der Waals surface area contributed by atoms with Crippen LogP contribution in [0.15, 0.2) is 29.3 Å². The second-order valence-corrected chi connectivity index (χ2v) is 7.70. The summed E-state index contributed by atoms with van der Waals surface area (Å²) in [6.07, 6.45) is 0.719. The van der Waals surface area contributed by atoms with Crippen LogP contribution < -0.4 is 15.4 Å². The van der Waals surface area contributed by atoms with Gasteiger partial charge in [0.05, 0.1) is 24.8 Å². The molecule has 0 aromatic heterocycles. The molecule has 0 saturated carbocycles. The van der Waals surface area contributed by atoms with Crippen molar-refractivity contribution < 1.29 is 14.3 Å². The number of ether oxygens (including phenoxy) is 2. The summed E-state index contributed by atoms with van der Waals surface area (Å²) in [5.41, 5.74) is 0. The van der Waals surface area contributed by atoms with E-state index in [4.69, 9.17) is 21.1 Å². The van der Waals surface area contributed by atoms with E-state index in [0.29, 0.717) is 23.3 Å². The topological polar surface area (TPSA) is 78.4 Å². The van der Waals surface area contributed by atoms with Crippen molar-refractivity contribution in [1.29, 1.82) is 0 Å². The molecule has 176 valence electrons. The number of likely N-dealkylation sites (N-methyl/N-ethyl adjacent to an activating group) is 1. The highest BCUT2D eigenvalue weighted by Gasteiger charge is 2.13. The minimum atomic E-state index is -0.0827. The molecule has 1 heterocycles. The fourth-order valence-corrected chi connectivity index (χ4v) is 3.00. The predicted octanol–water partition coefficient (Wildman–Crippen LogP) is 2.07. The molecule has 1 atom stereocenters. The molecule has 1 amide bonds. The van der Waals surface area contributed by atoms with Gasteiger partial charge in [0, 0.05) is 40.3 Å². The van der Waals surface area contributed by atoms with Crippen LogP contribution in [0.1, 0.15) is 13.3 Å². The van der Waals surface area contributed by atoms with Crippen molar-refractivity contribution in [3.05, 3.63) is 29.3 Å². The van der Waals surface area contributed by atoms with Gasteiger partial charge in [-0.2, -0.15) is 0 Å².